The van der Waals surface area contributed by atoms with Crippen molar-refractivity contribution in [1.82, 2.24) is 20.5 Å². The first-order chi connectivity index (χ1) is 11.6. The van der Waals surface area contributed by atoms with Crippen molar-refractivity contribution in [3.8, 4) is 0 Å². The van der Waals surface area contributed by atoms with E-state index in [9.17, 15) is 9.59 Å². The molecule has 1 saturated heterocycles. The quantitative estimate of drug-likeness (QED) is 0.864. The van der Waals surface area contributed by atoms with Crippen LogP contribution in [0.5, 0.6) is 0 Å². The fourth-order valence-corrected chi connectivity index (χ4v) is 2.89. The topological polar surface area (TPSA) is 88.3 Å². The van der Waals surface area contributed by atoms with Crippen molar-refractivity contribution in [1.29, 1.82) is 0 Å². The molecule has 1 N–H and O–H groups in total. The lowest BCUT2D eigenvalue weighted by molar-refractivity contribution is -0.127. The van der Waals surface area contributed by atoms with Gasteiger partial charge in [0.25, 0.3) is 5.91 Å². The molecule has 2 heterocycles. The highest BCUT2D eigenvalue weighted by Gasteiger charge is 2.31. The minimum absolute atomic E-state index is 0.0726. The summed E-state index contributed by atoms with van der Waals surface area (Å²) in [5.41, 5.74) is 1.88. The molecule has 1 fully saturated rings. The minimum Gasteiger partial charge on any atom is -0.345 e. The van der Waals surface area contributed by atoms with Crippen molar-refractivity contribution >= 4 is 11.8 Å². The summed E-state index contributed by atoms with van der Waals surface area (Å²) in [6.07, 6.45) is 2.16. The van der Waals surface area contributed by atoms with Gasteiger partial charge < -0.3 is 10.2 Å². The number of hydrogen-bond acceptors (Lipinski definition) is 5. The van der Waals surface area contributed by atoms with Crippen LogP contribution in [0, 0.1) is 6.92 Å². The van der Waals surface area contributed by atoms with E-state index in [2.05, 4.69) is 32.4 Å². The first kappa shape index (κ1) is 16.2. The van der Waals surface area contributed by atoms with Gasteiger partial charge in [-0.3, -0.25) is 9.59 Å². The van der Waals surface area contributed by atoms with Crippen LogP contribution in [-0.4, -0.2) is 46.2 Å². The fourth-order valence-electron chi connectivity index (χ4n) is 2.89. The van der Waals surface area contributed by atoms with Crippen LogP contribution in [0.25, 0.3) is 0 Å². The van der Waals surface area contributed by atoms with E-state index in [0.717, 1.165) is 12.8 Å². The summed E-state index contributed by atoms with van der Waals surface area (Å²) in [4.78, 5) is 26.0. The van der Waals surface area contributed by atoms with Gasteiger partial charge in [-0.2, -0.15) is 0 Å². The summed E-state index contributed by atoms with van der Waals surface area (Å²) in [5.74, 6) is -0.277. The highest BCUT2D eigenvalue weighted by atomic mass is 16.6. The lowest BCUT2D eigenvalue weighted by atomic mass is 10.1. The van der Waals surface area contributed by atoms with Crippen molar-refractivity contribution in [3.05, 3.63) is 47.3 Å². The SMILES string of the molecule is Cc1nonc1C(=O)N[C@H]1CC(=O)N(CCCc2ccccc2)C1. The molecule has 126 valence electrons. The summed E-state index contributed by atoms with van der Waals surface area (Å²) in [5, 5.41) is 10.00. The van der Waals surface area contributed by atoms with Gasteiger partial charge in [0.05, 0.1) is 6.04 Å². The maximum Gasteiger partial charge on any atom is 0.275 e. The van der Waals surface area contributed by atoms with E-state index in [1.54, 1.807) is 6.92 Å². The first-order valence-electron chi connectivity index (χ1n) is 8.05. The van der Waals surface area contributed by atoms with Crippen LogP contribution in [0.2, 0.25) is 0 Å². The molecule has 1 aliphatic heterocycles. The molecular weight excluding hydrogens is 308 g/mol. The molecule has 7 nitrogen and oxygen atoms in total. The fraction of sp³-hybridized carbons (Fsp3) is 0.412. The van der Waals surface area contributed by atoms with Gasteiger partial charge in [0.1, 0.15) is 5.69 Å². The van der Waals surface area contributed by atoms with Crippen LogP contribution < -0.4 is 5.32 Å². The van der Waals surface area contributed by atoms with E-state index in [1.165, 1.54) is 5.56 Å². The molecule has 0 unspecified atom stereocenters. The van der Waals surface area contributed by atoms with Crippen molar-refractivity contribution in [2.45, 2.75) is 32.2 Å². The van der Waals surface area contributed by atoms with Crippen LogP contribution in [-0.2, 0) is 11.2 Å². The molecule has 1 atom stereocenters. The van der Waals surface area contributed by atoms with Gasteiger partial charge >= 0.3 is 0 Å². The molecule has 0 radical (unpaired) electrons. The molecule has 1 aliphatic rings. The third kappa shape index (κ3) is 3.79. The zero-order valence-corrected chi connectivity index (χ0v) is 13.6. The van der Waals surface area contributed by atoms with Crippen LogP contribution in [0.1, 0.15) is 34.6 Å². The van der Waals surface area contributed by atoms with Crippen molar-refractivity contribution in [2.75, 3.05) is 13.1 Å². The number of carbonyl (C=O) groups excluding carboxylic acids is 2. The first-order valence-corrected chi connectivity index (χ1v) is 8.05. The standard InChI is InChI=1S/C17H20N4O3/c1-12-16(20-24-19-12)17(23)18-14-10-15(22)21(11-14)9-5-8-13-6-3-2-4-7-13/h2-4,6-7,14H,5,8-11H2,1H3,(H,18,23)/t14-/m0/s1. The number of aryl methyl sites for hydroxylation is 2. The van der Waals surface area contributed by atoms with Gasteiger partial charge in [-0.15, -0.1) is 0 Å². The summed E-state index contributed by atoms with van der Waals surface area (Å²) in [7, 11) is 0. The highest BCUT2D eigenvalue weighted by Crippen LogP contribution is 2.14. The highest BCUT2D eigenvalue weighted by molar-refractivity contribution is 5.94. The molecule has 1 aromatic heterocycles. The van der Waals surface area contributed by atoms with E-state index in [0.29, 0.717) is 25.2 Å². The molecule has 0 spiro atoms. The van der Waals surface area contributed by atoms with Gasteiger partial charge in [0, 0.05) is 19.5 Å². The smallest absolute Gasteiger partial charge is 0.275 e. The molecule has 24 heavy (non-hydrogen) atoms. The predicted octanol–water partition coefficient (Wildman–Crippen LogP) is 1.34. The summed E-state index contributed by atoms with van der Waals surface area (Å²) in [6.45, 7) is 2.88. The minimum atomic E-state index is -0.349. The van der Waals surface area contributed by atoms with Gasteiger partial charge in [0.2, 0.25) is 5.91 Å². The number of carbonyl (C=O) groups is 2. The third-order valence-electron chi connectivity index (χ3n) is 4.15. The molecule has 2 amide bonds. The average molecular weight is 328 g/mol. The zero-order chi connectivity index (χ0) is 16.9. The van der Waals surface area contributed by atoms with Crippen molar-refractivity contribution in [3.63, 3.8) is 0 Å². The Labute approximate surface area is 140 Å². The number of nitrogens with zero attached hydrogens (tertiary/aromatic N) is 3. The van der Waals surface area contributed by atoms with E-state index < -0.39 is 0 Å². The predicted molar refractivity (Wildman–Crippen MR) is 86.2 cm³/mol. The van der Waals surface area contributed by atoms with E-state index >= 15 is 0 Å². The van der Waals surface area contributed by atoms with Crippen LogP contribution in [0.4, 0.5) is 0 Å². The summed E-state index contributed by atoms with van der Waals surface area (Å²) in [6, 6.07) is 10.0. The molecule has 0 bridgehead atoms. The van der Waals surface area contributed by atoms with Gasteiger partial charge in [-0.05, 0) is 30.5 Å². The second-order valence-corrected chi connectivity index (χ2v) is 6.00. The maximum atomic E-state index is 12.1. The Balaban J connectivity index is 1.47. The second kappa shape index (κ2) is 7.25. The summed E-state index contributed by atoms with van der Waals surface area (Å²) >= 11 is 0. The number of nitrogens with one attached hydrogen (secondary N) is 1. The normalized spacial score (nSPS) is 17.3. The Kier molecular flexibility index (Phi) is 4.88. The molecule has 0 saturated carbocycles. The zero-order valence-electron chi connectivity index (χ0n) is 13.6. The molecule has 1 aromatic carbocycles. The van der Waals surface area contributed by atoms with Gasteiger partial charge in [-0.25, -0.2) is 4.63 Å². The van der Waals surface area contributed by atoms with Crippen LogP contribution in [0.3, 0.4) is 0 Å². The van der Waals surface area contributed by atoms with Crippen molar-refractivity contribution in [2.24, 2.45) is 0 Å². The average Bonchev–Trinajstić information content (AvgIpc) is 3.14. The Morgan fingerprint density at radius 1 is 1.33 bits per heavy atom. The van der Waals surface area contributed by atoms with Crippen LogP contribution >= 0.6 is 0 Å². The van der Waals surface area contributed by atoms with E-state index in [1.807, 2.05) is 23.1 Å². The lowest BCUT2D eigenvalue weighted by Gasteiger charge is -2.16. The number of rotatable bonds is 6. The largest absolute Gasteiger partial charge is 0.345 e. The lowest BCUT2D eigenvalue weighted by Crippen LogP contribution is -2.37. The monoisotopic (exact) mass is 328 g/mol. The number of aromatic nitrogens is 2. The second-order valence-electron chi connectivity index (χ2n) is 6.00. The molecule has 3 rings (SSSR count). The molecule has 7 heteroatoms. The Morgan fingerprint density at radius 2 is 2.12 bits per heavy atom. The molecule has 0 aliphatic carbocycles. The maximum absolute atomic E-state index is 12.1. The van der Waals surface area contributed by atoms with Crippen LogP contribution in [0.15, 0.2) is 35.0 Å². The Bertz CT molecular complexity index is 714. The van der Waals surface area contributed by atoms with Gasteiger partial charge in [-0.1, -0.05) is 35.5 Å². The number of amides is 2. The number of benzene rings is 1. The van der Waals surface area contributed by atoms with Crippen molar-refractivity contribution < 1.29 is 14.2 Å². The Hall–Kier alpha value is -2.70. The summed E-state index contributed by atoms with van der Waals surface area (Å²) < 4.78 is 4.53. The third-order valence-corrected chi connectivity index (χ3v) is 4.15. The molecular formula is C17H20N4O3. The number of likely N-dealkylation sites (tertiary alicyclic amines) is 1. The molecule has 2 aromatic rings. The van der Waals surface area contributed by atoms with E-state index in [4.69, 9.17) is 0 Å². The Morgan fingerprint density at radius 3 is 2.83 bits per heavy atom. The van der Waals surface area contributed by atoms with Gasteiger partial charge in [0.15, 0.2) is 5.69 Å². The number of hydrogen-bond donors (Lipinski definition) is 1. The van der Waals surface area contributed by atoms with E-state index in [-0.39, 0.29) is 23.6 Å².